The summed E-state index contributed by atoms with van der Waals surface area (Å²) in [6, 6.07) is 15.6. The van der Waals surface area contributed by atoms with Gasteiger partial charge in [-0.2, -0.15) is 5.10 Å². The molecule has 1 aliphatic heterocycles. The number of halogens is 1. The number of hydrogen-bond acceptors (Lipinski definition) is 4. The molecule has 0 radical (unpaired) electrons. The van der Waals surface area contributed by atoms with Crippen molar-refractivity contribution in [3.63, 3.8) is 0 Å². The molecule has 0 bridgehead atoms. The maximum Gasteiger partial charge on any atom is 0.359 e. The zero-order chi connectivity index (χ0) is 16.2. The third-order valence-electron chi connectivity index (χ3n) is 3.31. The van der Waals surface area contributed by atoms with Crippen molar-refractivity contribution in [1.29, 1.82) is 0 Å². The number of benzene rings is 2. The van der Waals surface area contributed by atoms with Gasteiger partial charge in [0, 0.05) is 12.8 Å². The van der Waals surface area contributed by atoms with Crippen molar-refractivity contribution in [3.8, 4) is 5.75 Å². The Morgan fingerprint density at radius 2 is 1.74 bits per heavy atom. The first-order chi connectivity index (χ1) is 11.1. The summed E-state index contributed by atoms with van der Waals surface area (Å²) in [4.78, 5) is 24.3. The molecule has 0 atom stereocenters. The number of carbonyl (C=O) groups is 2. The summed E-state index contributed by atoms with van der Waals surface area (Å²) in [6.07, 6.45) is 0.441. The number of hydrogen-bond donors (Lipinski definition) is 0. The summed E-state index contributed by atoms with van der Waals surface area (Å²) >= 11 is 5.97. The van der Waals surface area contributed by atoms with Crippen molar-refractivity contribution in [2.75, 3.05) is 5.01 Å². The fraction of sp³-hybridized carbons (Fsp3) is 0.118. The van der Waals surface area contributed by atoms with Gasteiger partial charge in [-0.05, 0) is 24.3 Å². The van der Waals surface area contributed by atoms with Gasteiger partial charge in [-0.25, -0.2) is 9.80 Å². The van der Waals surface area contributed by atoms with E-state index >= 15 is 0 Å². The average molecular weight is 329 g/mol. The number of amides is 1. The lowest BCUT2D eigenvalue weighted by Crippen LogP contribution is -2.35. The van der Waals surface area contributed by atoms with Gasteiger partial charge in [-0.15, -0.1) is 0 Å². The van der Waals surface area contributed by atoms with Gasteiger partial charge in [-0.3, -0.25) is 4.79 Å². The van der Waals surface area contributed by atoms with Crippen LogP contribution in [0, 0.1) is 0 Å². The highest BCUT2D eigenvalue weighted by Crippen LogP contribution is 2.25. The molecule has 0 N–H and O–H groups in total. The molecule has 116 valence electrons. The summed E-state index contributed by atoms with van der Waals surface area (Å²) in [5.41, 5.74) is 0.800. The highest BCUT2D eigenvalue weighted by atomic mass is 35.5. The molecule has 2 aromatic carbocycles. The number of anilines is 1. The maximum absolute atomic E-state index is 12.3. The minimum absolute atomic E-state index is 0.162. The predicted octanol–water partition coefficient (Wildman–Crippen LogP) is 3.43. The van der Waals surface area contributed by atoms with Crippen molar-refractivity contribution in [1.82, 2.24) is 0 Å². The number of hydrazone groups is 1. The Hall–Kier alpha value is -2.66. The van der Waals surface area contributed by atoms with Crippen LogP contribution in [0.4, 0.5) is 5.69 Å². The largest absolute Gasteiger partial charge is 0.420 e. The Morgan fingerprint density at radius 1 is 1.04 bits per heavy atom. The zero-order valence-corrected chi connectivity index (χ0v) is 12.9. The number of carbonyl (C=O) groups excluding carboxylic acids is 2. The molecule has 3 rings (SSSR count). The summed E-state index contributed by atoms with van der Waals surface area (Å²) in [5, 5.41) is 5.71. The standard InChI is InChI=1S/C17H13ClN2O3/c18-13-8-4-5-9-15(13)23-17(22)14-10-11-16(21)20(19-14)12-6-2-1-3-7-12/h1-9H,10-11H2. The predicted molar refractivity (Wildman–Crippen MR) is 87.7 cm³/mol. The van der Waals surface area contributed by atoms with E-state index in [1.165, 1.54) is 5.01 Å². The average Bonchev–Trinajstić information content (AvgIpc) is 2.58. The van der Waals surface area contributed by atoms with Crippen molar-refractivity contribution in [3.05, 3.63) is 59.6 Å². The van der Waals surface area contributed by atoms with Crippen LogP contribution in [0.3, 0.4) is 0 Å². The highest BCUT2D eigenvalue weighted by molar-refractivity contribution is 6.39. The van der Waals surface area contributed by atoms with Crippen LogP contribution in [-0.4, -0.2) is 17.6 Å². The Labute approximate surface area is 138 Å². The number of nitrogens with zero attached hydrogens (tertiary/aromatic N) is 2. The summed E-state index contributed by atoms with van der Waals surface area (Å²) in [5.74, 6) is -0.498. The van der Waals surface area contributed by atoms with Gasteiger partial charge in [0.15, 0.2) is 0 Å². The number of ether oxygens (including phenoxy) is 1. The van der Waals surface area contributed by atoms with Crippen LogP contribution in [0.25, 0.3) is 0 Å². The van der Waals surface area contributed by atoms with E-state index in [1.54, 1.807) is 48.5 Å². The van der Waals surface area contributed by atoms with E-state index in [1.807, 2.05) is 6.07 Å². The first-order valence-corrected chi connectivity index (χ1v) is 7.45. The third-order valence-corrected chi connectivity index (χ3v) is 3.62. The van der Waals surface area contributed by atoms with Gasteiger partial charge in [0.1, 0.15) is 11.5 Å². The highest BCUT2D eigenvalue weighted by Gasteiger charge is 2.27. The van der Waals surface area contributed by atoms with E-state index in [0.29, 0.717) is 10.7 Å². The molecule has 1 aliphatic rings. The smallest absolute Gasteiger partial charge is 0.359 e. The van der Waals surface area contributed by atoms with Crippen molar-refractivity contribution < 1.29 is 14.3 Å². The molecule has 0 aliphatic carbocycles. The lowest BCUT2D eigenvalue weighted by atomic mass is 10.1. The first kappa shape index (κ1) is 15.2. The lowest BCUT2D eigenvalue weighted by Gasteiger charge is -2.22. The molecule has 0 saturated heterocycles. The van der Waals surface area contributed by atoms with E-state index in [4.69, 9.17) is 16.3 Å². The van der Waals surface area contributed by atoms with Gasteiger partial charge >= 0.3 is 5.97 Å². The second kappa shape index (κ2) is 6.62. The van der Waals surface area contributed by atoms with Crippen molar-refractivity contribution in [2.24, 2.45) is 5.10 Å². The minimum Gasteiger partial charge on any atom is -0.420 e. The van der Waals surface area contributed by atoms with Crippen LogP contribution in [0.2, 0.25) is 5.02 Å². The molecule has 0 fully saturated rings. The quantitative estimate of drug-likeness (QED) is 0.640. The molecule has 23 heavy (non-hydrogen) atoms. The van der Waals surface area contributed by atoms with Crippen LogP contribution >= 0.6 is 11.6 Å². The zero-order valence-electron chi connectivity index (χ0n) is 12.1. The normalized spacial score (nSPS) is 14.4. The van der Waals surface area contributed by atoms with Gasteiger partial charge in [-0.1, -0.05) is 41.9 Å². The SMILES string of the molecule is O=C(Oc1ccccc1Cl)C1=NN(c2ccccc2)C(=O)CC1. The van der Waals surface area contributed by atoms with Gasteiger partial charge in [0.05, 0.1) is 10.7 Å². The third kappa shape index (κ3) is 3.40. The Bertz CT molecular complexity index is 774. The molecule has 1 heterocycles. The Kier molecular flexibility index (Phi) is 4.39. The molecule has 0 saturated carbocycles. The fourth-order valence-electron chi connectivity index (χ4n) is 2.16. The summed E-state index contributed by atoms with van der Waals surface area (Å²) in [7, 11) is 0. The van der Waals surface area contributed by atoms with Crippen molar-refractivity contribution in [2.45, 2.75) is 12.8 Å². The van der Waals surface area contributed by atoms with Crippen LogP contribution in [0.15, 0.2) is 59.7 Å². The fourth-order valence-corrected chi connectivity index (χ4v) is 2.33. The topological polar surface area (TPSA) is 59.0 Å². The molecular weight excluding hydrogens is 316 g/mol. The van der Waals surface area contributed by atoms with E-state index in [-0.39, 0.29) is 30.2 Å². The van der Waals surface area contributed by atoms with E-state index in [9.17, 15) is 9.59 Å². The monoisotopic (exact) mass is 328 g/mol. The van der Waals surface area contributed by atoms with Crippen LogP contribution in [0.5, 0.6) is 5.75 Å². The van der Waals surface area contributed by atoms with Crippen LogP contribution < -0.4 is 9.75 Å². The Balaban J connectivity index is 1.83. The molecule has 2 aromatic rings. The van der Waals surface area contributed by atoms with E-state index < -0.39 is 5.97 Å². The molecule has 0 aromatic heterocycles. The van der Waals surface area contributed by atoms with Gasteiger partial charge < -0.3 is 4.74 Å². The second-order valence-corrected chi connectivity index (χ2v) is 5.31. The molecule has 1 amide bonds. The molecule has 0 spiro atoms. The van der Waals surface area contributed by atoms with Crippen LogP contribution in [0.1, 0.15) is 12.8 Å². The number of para-hydroxylation sites is 2. The first-order valence-electron chi connectivity index (χ1n) is 7.07. The van der Waals surface area contributed by atoms with E-state index in [2.05, 4.69) is 5.10 Å². The molecule has 5 nitrogen and oxygen atoms in total. The lowest BCUT2D eigenvalue weighted by molar-refractivity contribution is -0.127. The molecule has 0 unspecified atom stereocenters. The minimum atomic E-state index is -0.605. The molecular formula is C17H13ClN2O3. The van der Waals surface area contributed by atoms with Gasteiger partial charge in [0.25, 0.3) is 0 Å². The second-order valence-electron chi connectivity index (χ2n) is 4.91. The summed E-state index contributed by atoms with van der Waals surface area (Å²) in [6.45, 7) is 0. The number of rotatable bonds is 3. The van der Waals surface area contributed by atoms with E-state index in [0.717, 1.165) is 0 Å². The van der Waals surface area contributed by atoms with Crippen molar-refractivity contribution >= 4 is 34.9 Å². The van der Waals surface area contributed by atoms with Crippen LogP contribution in [-0.2, 0) is 9.59 Å². The maximum atomic E-state index is 12.3. The Morgan fingerprint density at radius 3 is 2.48 bits per heavy atom. The molecule has 6 heteroatoms. The van der Waals surface area contributed by atoms with Gasteiger partial charge in [0.2, 0.25) is 5.91 Å². The number of esters is 1. The summed E-state index contributed by atoms with van der Waals surface area (Å²) < 4.78 is 5.26.